The van der Waals surface area contributed by atoms with E-state index in [0.717, 1.165) is 22.3 Å². The van der Waals surface area contributed by atoms with Gasteiger partial charge in [-0.25, -0.2) is 4.68 Å². The summed E-state index contributed by atoms with van der Waals surface area (Å²) in [6.45, 7) is 4.33. The van der Waals surface area contributed by atoms with E-state index in [1.54, 1.807) is 25.2 Å². The molecule has 0 bridgehead atoms. The monoisotopic (exact) mass is 591 g/mol. The molecule has 1 saturated heterocycles. The number of fused-ring (bicyclic) bond motifs is 2. The number of nitrogens with zero attached hydrogens (tertiary/aromatic N) is 4. The molecule has 3 heterocycles. The third kappa shape index (κ3) is 5.54. The number of carbonyl (C=O) groups excluding carboxylic acids is 5. The molecule has 4 rings (SSSR count). The molecule has 226 valence electrons. The molecule has 1 fully saturated rings. The van der Waals surface area contributed by atoms with Crippen molar-refractivity contribution < 1.29 is 37.1 Å². The van der Waals surface area contributed by atoms with Crippen molar-refractivity contribution in [2.24, 2.45) is 11.7 Å². The van der Waals surface area contributed by atoms with Gasteiger partial charge in [-0.3, -0.25) is 24.0 Å². The van der Waals surface area contributed by atoms with Gasteiger partial charge in [0.1, 0.15) is 23.9 Å². The van der Waals surface area contributed by atoms with E-state index in [4.69, 9.17) is 5.73 Å². The number of primary amides is 1. The maximum Gasteiger partial charge on any atom is 0.471 e. The van der Waals surface area contributed by atoms with E-state index in [-0.39, 0.29) is 25.3 Å². The highest BCUT2D eigenvalue weighted by Gasteiger charge is 2.59. The number of anilines is 1. The molecular formula is C27H32F3N7O5. The molecular weight excluding hydrogens is 559 g/mol. The molecule has 4 N–H and O–H groups in total. The van der Waals surface area contributed by atoms with Crippen LogP contribution in [0.25, 0.3) is 11.3 Å². The number of halogens is 3. The number of amides is 5. The van der Waals surface area contributed by atoms with Crippen LogP contribution in [-0.4, -0.2) is 87.0 Å². The predicted molar refractivity (Wildman–Crippen MR) is 143 cm³/mol. The molecule has 5 amide bonds. The van der Waals surface area contributed by atoms with Gasteiger partial charge >= 0.3 is 12.1 Å². The fourth-order valence-electron chi connectivity index (χ4n) is 5.43. The van der Waals surface area contributed by atoms with Crippen molar-refractivity contribution in [2.45, 2.75) is 63.5 Å². The molecule has 1 spiro atoms. The maximum atomic E-state index is 14.0. The van der Waals surface area contributed by atoms with Crippen molar-refractivity contribution in [3.8, 4) is 11.3 Å². The van der Waals surface area contributed by atoms with Gasteiger partial charge in [0, 0.05) is 25.1 Å². The molecule has 1 aromatic heterocycles. The summed E-state index contributed by atoms with van der Waals surface area (Å²) in [4.78, 5) is 66.5. The number of nitrogens with one attached hydrogen (secondary N) is 2. The van der Waals surface area contributed by atoms with Crippen LogP contribution < -0.4 is 16.4 Å². The Morgan fingerprint density at radius 2 is 1.83 bits per heavy atom. The average molecular weight is 592 g/mol. The Morgan fingerprint density at radius 3 is 2.40 bits per heavy atom. The highest BCUT2D eigenvalue weighted by molar-refractivity contribution is 6.03. The fraction of sp³-hybridized carbons (Fsp3) is 0.481. The number of rotatable bonds is 8. The highest BCUT2D eigenvalue weighted by atomic mass is 19.4. The third-order valence-electron chi connectivity index (χ3n) is 7.57. The Kier molecular flexibility index (Phi) is 8.07. The van der Waals surface area contributed by atoms with Gasteiger partial charge in [0.05, 0.1) is 12.2 Å². The van der Waals surface area contributed by atoms with Gasteiger partial charge in [0.2, 0.25) is 17.7 Å². The van der Waals surface area contributed by atoms with Gasteiger partial charge in [-0.05, 0) is 19.3 Å². The second-order valence-electron chi connectivity index (χ2n) is 11.1. The van der Waals surface area contributed by atoms with Crippen LogP contribution >= 0.6 is 0 Å². The van der Waals surface area contributed by atoms with Crippen molar-refractivity contribution in [1.29, 1.82) is 0 Å². The molecule has 42 heavy (non-hydrogen) atoms. The molecule has 0 aliphatic carbocycles. The maximum absolute atomic E-state index is 14.0. The van der Waals surface area contributed by atoms with Crippen molar-refractivity contribution in [3.63, 3.8) is 0 Å². The van der Waals surface area contributed by atoms with E-state index < -0.39 is 59.4 Å². The Morgan fingerprint density at radius 1 is 1.19 bits per heavy atom. The van der Waals surface area contributed by atoms with Crippen LogP contribution in [0.4, 0.5) is 19.0 Å². The Hall–Kier alpha value is -4.43. The second-order valence-corrected chi connectivity index (χ2v) is 11.1. The minimum Gasteiger partial charge on any atom is -0.368 e. The van der Waals surface area contributed by atoms with E-state index in [0.29, 0.717) is 11.5 Å². The van der Waals surface area contributed by atoms with Crippen molar-refractivity contribution in [2.75, 3.05) is 18.9 Å². The van der Waals surface area contributed by atoms with Gasteiger partial charge in [0.15, 0.2) is 5.54 Å². The normalized spacial score (nSPS) is 21.2. The molecule has 2 unspecified atom stereocenters. The first-order chi connectivity index (χ1) is 19.6. The van der Waals surface area contributed by atoms with Crippen LogP contribution in [0.15, 0.2) is 36.4 Å². The predicted octanol–water partition coefficient (Wildman–Crippen LogP) is 1.22. The van der Waals surface area contributed by atoms with Crippen LogP contribution in [0.3, 0.4) is 0 Å². The SMILES string of the molecule is CC(C)CC(C(=O)N1C[C@]2(C[C@H]1C(N)=O)C(=O)Nc1cc(-c3ccccc3)nn12)N(C)C(=O)C(C)NC(=O)C(F)(F)F. The molecule has 12 nitrogen and oxygen atoms in total. The molecule has 2 aliphatic heterocycles. The average Bonchev–Trinajstić information content (AvgIpc) is 3.59. The number of benzene rings is 1. The molecule has 2 aliphatic rings. The lowest BCUT2D eigenvalue weighted by molar-refractivity contribution is -0.175. The summed E-state index contributed by atoms with van der Waals surface area (Å²) in [5, 5.41) is 8.97. The van der Waals surface area contributed by atoms with Gasteiger partial charge in [-0.1, -0.05) is 44.2 Å². The largest absolute Gasteiger partial charge is 0.471 e. The third-order valence-corrected chi connectivity index (χ3v) is 7.57. The molecule has 0 radical (unpaired) electrons. The number of alkyl halides is 3. The Balaban J connectivity index is 1.64. The minimum absolute atomic E-state index is 0.0768. The second kappa shape index (κ2) is 11.1. The van der Waals surface area contributed by atoms with Crippen molar-refractivity contribution >= 4 is 35.4 Å². The summed E-state index contributed by atoms with van der Waals surface area (Å²) in [7, 11) is 1.23. The van der Waals surface area contributed by atoms with Crippen LogP contribution in [0, 0.1) is 5.92 Å². The summed E-state index contributed by atoms with van der Waals surface area (Å²) in [5.74, 6) is -5.12. The summed E-state index contributed by atoms with van der Waals surface area (Å²) in [6, 6.07) is 6.78. The first kappa shape index (κ1) is 30.5. The van der Waals surface area contributed by atoms with E-state index in [9.17, 15) is 37.1 Å². The van der Waals surface area contributed by atoms with Gasteiger partial charge in [-0.15, -0.1) is 0 Å². The Bertz CT molecular complexity index is 1410. The quantitative estimate of drug-likeness (QED) is 0.419. The van der Waals surface area contributed by atoms with E-state index in [2.05, 4.69) is 10.4 Å². The van der Waals surface area contributed by atoms with Gasteiger partial charge < -0.3 is 26.2 Å². The number of hydrogen-bond acceptors (Lipinski definition) is 6. The number of likely N-dealkylation sites (N-methyl/N-ethyl adjacent to an activating group) is 1. The van der Waals surface area contributed by atoms with E-state index in [1.807, 2.05) is 30.3 Å². The topological polar surface area (TPSA) is 160 Å². The number of likely N-dealkylation sites (tertiary alicyclic amines) is 1. The van der Waals surface area contributed by atoms with Crippen molar-refractivity contribution in [1.82, 2.24) is 24.9 Å². The molecule has 2 aromatic rings. The number of nitrogens with two attached hydrogens (primary N) is 1. The van der Waals surface area contributed by atoms with Crippen LogP contribution in [0.5, 0.6) is 0 Å². The first-order valence-electron chi connectivity index (χ1n) is 13.3. The molecule has 4 atom stereocenters. The lowest BCUT2D eigenvalue weighted by Gasteiger charge is -2.35. The highest BCUT2D eigenvalue weighted by Crippen LogP contribution is 2.42. The van der Waals surface area contributed by atoms with Crippen LogP contribution in [0.2, 0.25) is 0 Å². The molecule has 0 saturated carbocycles. The lowest BCUT2D eigenvalue weighted by Crippen LogP contribution is -2.57. The zero-order chi connectivity index (χ0) is 31.1. The summed E-state index contributed by atoms with van der Waals surface area (Å²) in [5.41, 5.74) is 5.57. The number of carbonyl (C=O) groups is 5. The zero-order valence-corrected chi connectivity index (χ0v) is 23.4. The van der Waals surface area contributed by atoms with Gasteiger partial charge in [-0.2, -0.15) is 18.3 Å². The van der Waals surface area contributed by atoms with E-state index in [1.165, 1.54) is 11.7 Å². The fourth-order valence-corrected chi connectivity index (χ4v) is 5.43. The Labute approximate surface area is 239 Å². The molecule has 15 heteroatoms. The number of hydrogen-bond donors (Lipinski definition) is 3. The minimum atomic E-state index is -5.20. The summed E-state index contributed by atoms with van der Waals surface area (Å²) >= 11 is 0. The molecule has 1 aromatic carbocycles. The summed E-state index contributed by atoms with van der Waals surface area (Å²) < 4.78 is 39.7. The van der Waals surface area contributed by atoms with Crippen LogP contribution in [0.1, 0.15) is 33.6 Å². The first-order valence-corrected chi connectivity index (χ1v) is 13.3. The zero-order valence-electron chi connectivity index (χ0n) is 23.4. The smallest absolute Gasteiger partial charge is 0.368 e. The van der Waals surface area contributed by atoms with Gasteiger partial charge in [0.25, 0.3) is 5.91 Å². The van der Waals surface area contributed by atoms with Crippen molar-refractivity contribution in [3.05, 3.63) is 36.4 Å². The lowest BCUT2D eigenvalue weighted by atomic mass is 9.96. The standard InChI is InChI=1S/C27H32F3N7O5/c1-14(2)10-18(35(4)22(39)15(3)32-25(42)27(28,29)30)23(40)36-13-26(12-19(36)21(31)38)24(41)33-20-11-17(34-37(20)26)16-8-6-5-7-9-16/h5-9,11,14-15,18-19H,10,12-13H2,1-4H3,(H2,31,38)(H,32,42)(H,33,41)/t15?,18?,19-,26+/m0/s1. The number of aromatic nitrogens is 2. The summed E-state index contributed by atoms with van der Waals surface area (Å²) in [6.07, 6.45) is -5.30. The van der Waals surface area contributed by atoms with E-state index >= 15 is 0 Å². The van der Waals surface area contributed by atoms with Crippen LogP contribution in [-0.2, 0) is 29.5 Å².